The lowest BCUT2D eigenvalue weighted by Crippen LogP contribution is -2.27. The molecular weight excluding hydrogens is 395 g/mol. The molecule has 0 bridgehead atoms. The van der Waals surface area contributed by atoms with E-state index in [-0.39, 0.29) is 23.3 Å². The number of fused-ring (bicyclic) bond motifs is 1. The molecule has 0 radical (unpaired) electrons. The summed E-state index contributed by atoms with van der Waals surface area (Å²) >= 11 is 0. The molecule has 152 valence electrons. The summed E-state index contributed by atoms with van der Waals surface area (Å²) in [6.45, 7) is -0.0704. The Bertz CT molecular complexity index is 1130. The van der Waals surface area contributed by atoms with Crippen LogP contribution in [0.1, 0.15) is 35.8 Å². The van der Waals surface area contributed by atoms with Gasteiger partial charge in [-0.1, -0.05) is 11.2 Å². The first-order chi connectivity index (χ1) is 13.8. The lowest BCUT2D eigenvalue weighted by Gasteiger charge is -2.22. The van der Waals surface area contributed by atoms with Gasteiger partial charge in [0.1, 0.15) is 5.82 Å². The van der Waals surface area contributed by atoms with E-state index < -0.39 is 15.8 Å². The van der Waals surface area contributed by atoms with Gasteiger partial charge in [0.15, 0.2) is 5.82 Å². The largest absolute Gasteiger partial charge is 0.334 e. The van der Waals surface area contributed by atoms with Gasteiger partial charge in [-0.2, -0.15) is 9.29 Å². The number of hydrogen-bond donors (Lipinski definition) is 1. The number of nitrogens with two attached hydrogens (primary N) is 1. The Balaban J connectivity index is 1.53. The summed E-state index contributed by atoms with van der Waals surface area (Å²) in [4.78, 5) is 4.33. The molecule has 1 aliphatic rings. The maximum Gasteiger partial charge on any atom is 0.257 e. The summed E-state index contributed by atoms with van der Waals surface area (Å²) in [5.74, 6) is 0.0672. The zero-order valence-electron chi connectivity index (χ0n) is 15.9. The highest BCUT2D eigenvalue weighted by atomic mass is 32.2. The molecule has 0 spiro atoms. The van der Waals surface area contributed by atoms with Crippen LogP contribution in [0.15, 0.2) is 51.9 Å². The Labute approximate surface area is 168 Å². The number of benzene rings is 2. The third-order valence-corrected chi connectivity index (χ3v) is 6.92. The van der Waals surface area contributed by atoms with E-state index in [0.717, 1.165) is 46.8 Å². The fraction of sp³-hybridized carbons (Fsp3) is 0.300. The highest BCUT2D eigenvalue weighted by Gasteiger charge is 2.23. The van der Waals surface area contributed by atoms with Crippen LogP contribution in [-0.2, 0) is 23.0 Å². The minimum atomic E-state index is -3.80. The summed E-state index contributed by atoms with van der Waals surface area (Å²) in [7, 11) is -2.38. The molecule has 7 nitrogen and oxygen atoms in total. The summed E-state index contributed by atoms with van der Waals surface area (Å²) in [5, 5.41) is 3.90. The van der Waals surface area contributed by atoms with E-state index >= 15 is 0 Å². The molecule has 1 unspecified atom stereocenters. The fourth-order valence-corrected chi connectivity index (χ4v) is 4.62. The van der Waals surface area contributed by atoms with Crippen LogP contribution >= 0.6 is 0 Å². The smallest absolute Gasteiger partial charge is 0.257 e. The minimum absolute atomic E-state index is 0.00357. The molecule has 1 heterocycles. The maximum atomic E-state index is 13.1. The van der Waals surface area contributed by atoms with Crippen molar-refractivity contribution in [2.24, 2.45) is 5.73 Å². The average Bonchev–Trinajstić information content (AvgIpc) is 3.17. The molecule has 2 aromatic carbocycles. The third kappa shape index (κ3) is 3.93. The average molecular weight is 416 g/mol. The van der Waals surface area contributed by atoms with E-state index in [1.54, 1.807) is 0 Å². The Kier molecular flexibility index (Phi) is 5.20. The van der Waals surface area contributed by atoms with E-state index in [4.69, 9.17) is 10.3 Å². The van der Waals surface area contributed by atoms with Crippen LogP contribution < -0.4 is 5.73 Å². The molecule has 1 aliphatic carbocycles. The van der Waals surface area contributed by atoms with Gasteiger partial charge in [-0.25, -0.2) is 12.8 Å². The van der Waals surface area contributed by atoms with Gasteiger partial charge >= 0.3 is 0 Å². The van der Waals surface area contributed by atoms with Crippen LogP contribution in [-0.4, -0.2) is 29.9 Å². The van der Waals surface area contributed by atoms with Gasteiger partial charge in [-0.05, 0) is 66.8 Å². The third-order valence-electron chi connectivity index (χ3n) is 5.10. The molecule has 3 aromatic rings. The van der Waals surface area contributed by atoms with Crippen LogP contribution in [0.2, 0.25) is 0 Å². The van der Waals surface area contributed by atoms with Gasteiger partial charge in [0, 0.05) is 18.7 Å². The molecule has 0 saturated carbocycles. The van der Waals surface area contributed by atoms with Crippen LogP contribution in [0, 0.1) is 5.82 Å². The molecule has 1 atom stereocenters. The highest BCUT2D eigenvalue weighted by molar-refractivity contribution is 7.89. The molecule has 0 saturated heterocycles. The molecular formula is C20H21FN4O3S. The summed E-state index contributed by atoms with van der Waals surface area (Å²) in [6.07, 6.45) is 2.97. The van der Waals surface area contributed by atoms with Crippen molar-refractivity contribution in [3.63, 3.8) is 0 Å². The standard InChI is InChI=1S/C20H21FN4O3S/c1-25(29(26,27)16-8-6-15(21)7-9-16)12-19-23-20(28-24-19)14-5-10-17-13(11-14)3-2-4-18(17)22/h5-11,18H,2-4,12,22H2,1H3. The number of aryl methyl sites for hydroxylation is 1. The Morgan fingerprint density at radius 1 is 1.24 bits per heavy atom. The predicted molar refractivity (Wildman–Crippen MR) is 105 cm³/mol. The number of nitrogens with zero attached hydrogens (tertiary/aromatic N) is 3. The molecule has 2 N–H and O–H groups in total. The SMILES string of the molecule is CN(Cc1noc(-c2ccc3c(c2)CCCC3N)n1)S(=O)(=O)c1ccc(F)cc1. The highest BCUT2D eigenvalue weighted by Crippen LogP contribution is 2.31. The lowest BCUT2D eigenvalue weighted by molar-refractivity contribution is 0.402. The minimum Gasteiger partial charge on any atom is -0.334 e. The number of halogens is 1. The van der Waals surface area contributed by atoms with Gasteiger partial charge < -0.3 is 10.3 Å². The predicted octanol–water partition coefficient (Wildman–Crippen LogP) is 3.03. The molecule has 0 amide bonds. The van der Waals surface area contributed by atoms with Gasteiger partial charge in [-0.3, -0.25) is 0 Å². The summed E-state index contributed by atoms with van der Waals surface area (Å²) in [6, 6.07) is 10.6. The van der Waals surface area contributed by atoms with Gasteiger partial charge in [0.25, 0.3) is 5.89 Å². The number of aromatic nitrogens is 2. The van der Waals surface area contributed by atoms with E-state index in [1.807, 2.05) is 18.2 Å². The molecule has 29 heavy (non-hydrogen) atoms. The second-order valence-corrected chi connectivity index (χ2v) is 9.19. The molecule has 0 aliphatic heterocycles. The van der Waals surface area contributed by atoms with E-state index in [2.05, 4.69) is 10.1 Å². The van der Waals surface area contributed by atoms with Crippen molar-refractivity contribution < 1.29 is 17.3 Å². The van der Waals surface area contributed by atoms with Gasteiger partial charge in [-0.15, -0.1) is 0 Å². The van der Waals surface area contributed by atoms with E-state index in [9.17, 15) is 12.8 Å². The quantitative estimate of drug-likeness (QED) is 0.686. The van der Waals surface area contributed by atoms with Crippen molar-refractivity contribution in [2.75, 3.05) is 7.05 Å². The fourth-order valence-electron chi connectivity index (χ4n) is 3.49. The second-order valence-electron chi connectivity index (χ2n) is 7.14. The van der Waals surface area contributed by atoms with E-state index in [0.29, 0.717) is 5.89 Å². The van der Waals surface area contributed by atoms with Crippen molar-refractivity contribution in [1.82, 2.24) is 14.4 Å². The maximum absolute atomic E-state index is 13.1. The molecule has 1 aromatic heterocycles. The van der Waals surface area contributed by atoms with Crippen molar-refractivity contribution in [3.05, 3.63) is 65.2 Å². The topological polar surface area (TPSA) is 102 Å². The normalized spacial score (nSPS) is 16.8. The number of hydrogen-bond acceptors (Lipinski definition) is 6. The molecule has 0 fully saturated rings. The summed E-state index contributed by atoms with van der Waals surface area (Å²) < 4.78 is 44.7. The second kappa shape index (κ2) is 7.66. The van der Waals surface area contributed by atoms with E-state index in [1.165, 1.54) is 24.7 Å². The van der Waals surface area contributed by atoms with Crippen molar-refractivity contribution in [3.8, 4) is 11.5 Å². The Morgan fingerprint density at radius 2 is 2.00 bits per heavy atom. The molecule has 9 heteroatoms. The molecule has 4 rings (SSSR count). The number of sulfonamides is 1. The van der Waals surface area contributed by atoms with Crippen LogP contribution in [0.4, 0.5) is 4.39 Å². The Morgan fingerprint density at radius 3 is 2.76 bits per heavy atom. The van der Waals surface area contributed by atoms with Crippen molar-refractivity contribution >= 4 is 10.0 Å². The zero-order valence-corrected chi connectivity index (χ0v) is 16.7. The van der Waals surface area contributed by atoms with Crippen LogP contribution in [0.3, 0.4) is 0 Å². The van der Waals surface area contributed by atoms with Crippen molar-refractivity contribution in [1.29, 1.82) is 0 Å². The zero-order chi connectivity index (χ0) is 20.6. The van der Waals surface area contributed by atoms with Crippen molar-refractivity contribution in [2.45, 2.75) is 36.7 Å². The first-order valence-electron chi connectivity index (χ1n) is 9.28. The summed E-state index contributed by atoms with van der Waals surface area (Å²) in [5.41, 5.74) is 9.26. The van der Waals surface area contributed by atoms with Gasteiger partial charge in [0.05, 0.1) is 11.4 Å². The monoisotopic (exact) mass is 416 g/mol. The lowest BCUT2D eigenvalue weighted by atomic mass is 9.87. The van der Waals surface area contributed by atoms with Gasteiger partial charge in [0.2, 0.25) is 10.0 Å². The number of rotatable bonds is 5. The first kappa shape index (κ1) is 19.7. The van der Waals surface area contributed by atoms with Crippen LogP contribution in [0.5, 0.6) is 0 Å². The Hall–Kier alpha value is -2.62. The van der Waals surface area contributed by atoms with Crippen LogP contribution in [0.25, 0.3) is 11.5 Å². The first-order valence-corrected chi connectivity index (χ1v) is 10.7.